The number of aliphatic hydroxyl groups is 6. The summed E-state index contributed by atoms with van der Waals surface area (Å²) in [6.07, 6.45) is 14.5. The Hall–Kier alpha value is -1.13. The molecule has 0 spiro atoms. The molecule has 0 saturated heterocycles. The summed E-state index contributed by atoms with van der Waals surface area (Å²) in [5.41, 5.74) is 16.1. The van der Waals surface area contributed by atoms with Gasteiger partial charge in [0.1, 0.15) is 6.04 Å². The van der Waals surface area contributed by atoms with Gasteiger partial charge in [-0.05, 0) is 65.0 Å². The molecule has 1 aliphatic rings. The lowest BCUT2D eigenvalue weighted by molar-refractivity contribution is -0.143. The molecule has 1 saturated carbocycles. The lowest BCUT2D eigenvalue weighted by Gasteiger charge is -2.28. The molecule has 0 aromatic carbocycles. The summed E-state index contributed by atoms with van der Waals surface area (Å²) < 4.78 is 19.4. The van der Waals surface area contributed by atoms with Gasteiger partial charge in [-0.2, -0.15) is 0 Å². The van der Waals surface area contributed by atoms with Crippen molar-refractivity contribution < 1.29 is 54.4 Å². The lowest BCUT2D eigenvalue weighted by atomic mass is 9.80. The molecule has 0 radical (unpaired) electrons. The van der Waals surface area contributed by atoms with Crippen LogP contribution < -0.4 is 33.2 Å². The summed E-state index contributed by atoms with van der Waals surface area (Å²) in [7, 11) is 3.24. The van der Waals surface area contributed by atoms with Gasteiger partial charge in [0, 0.05) is 43.9 Å². The summed E-state index contributed by atoms with van der Waals surface area (Å²) in [5, 5.41) is 60.1. The Morgan fingerprint density at radius 1 is 0.767 bits per heavy atom. The minimum atomic E-state index is -0.179. The molecule has 15 N–H and O–H groups in total. The average molecular weight is 877 g/mol. The zero-order valence-electron chi connectivity index (χ0n) is 39.6. The molecular formula is C43H100N6O11. The van der Waals surface area contributed by atoms with Crippen LogP contribution in [0.1, 0.15) is 119 Å². The standard InChI is InChI=1S/C10H23NO.C8H19NO4.C8H17NO2.C8H17NO.C5H13NO.C4H11NO2/c1-2-3-4-5-6-7-8-10(11)9-12;10-3-7-12-5-1-9-2-6-13-8-4-11;1-5-7(8(10)11-4)9-6(2)3;9-5-7-3-1-2-4-8(7)6-10;1-5(2,4-7)6-3;5-1-3-7-4-2-6/h10,12H,2-9,11H2,1H3;9-11H,1-8H2;6-7,9H,5H2,1-4H3;7-8,10H,1-6,9H2;6-7H,4H2,1-3H3;6H,1-5H2. The van der Waals surface area contributed by atoms with Crippen molar-refractivity contribution in [3.05, 3.63) is 0 Å². The van der Waals surface area contributed by atoms with Gasteiger partial charge in [0.25, 0.3) is 0 Å². The maximum Gasteiger partial charge on any atom is 0.322 e. The van der Waals surface area contributed by atoms with Gasteiger partial charge in [-0.1, -0.05) is 79.1 Å². The molecule has 4 unspecified atom stereocenters. The third-order valence-electron chi connectivity index (χ3n) is 9.08. The first-order valence-electron chi connectivity index (χ1n) is 22.5. The van der Waals surface area contributed by atoms with Crippen LogP contribution in [0.5, 0.6) is 0 Å². The first-order chi connectivity index (χ1) is 28.8. The van der Waals surface area contributed by atoms with E-state index in [1.165, 1.54) is 71.3 Å². The van der Waals surface area contributed by atoms with Crippen molar-refractivity contribution in [2.45, 2.75) is 142 Å². The Morgan fingerprint density at radius 2 is 1.27 bits per heavy atom. The topological polar surface area (TPSA) is 290 Å². The first-order valence-corrected chi connectivity index (χ1v) is 22.5. The number of hydrogen-bond acceptors (Lipinski definition) is 17. The number of likely N-dealkylation sites (N-methyl/N-ethyl adjacent to an activating group) is 1. The van der Waals surface area contributed by atoms with E-state index in [2.05, 4.69) is 27.6 Å². The van der Waals surface area contributed by atoms with Crippen LogP contribution in [0.3, 0.4) is 0 Å². The predicted molar refractivity (Wildman–Crippen MR) is 245 cm³/mol. The van der Waals surface area contributed by atoms with Gasteiger partial charge in [0.2, 0.25) is 0 Å². The van der Waals surface area contributed by atoms with E-state index in [4.69, 9.17) is 62.1 Å². The van der Waals surface area contributed by atoms with Crippen molar-refractivity contribution in [3.8, 4) is 0 Å². The van der Waals surface area contributed by atoms with Crippen LogP contribution in [0.4, 0.5) is 0 Å². The van der Waals surface area contributed by atoms with Crippen LogP contribution >= 0.6 is 0 Å². The van der Waals surface area contributed by atoms with Gasteiger partial charge in [-0.25, -0.2) is 0 Å². The van der Waals surface area contributed by atoms with Gasteiger partial charge in [0.05, 0.1) is 79.8 Å². The molecule has 17 heteroatoms. The molecule has 4 atom stereocenters. The number of carbonyl (C=O) groups is 1. The maximum atomic E-state index is 11.0. The summed E-state index contributed by atoms with van der Waals surface area (Å²) in [5.74, 6) is 0.915. The number of nitrogens with two attached hydrogens (primary N) is 3. The largest absolute Gasteiger partial charge is 0.468 e. The highest BCUT2D eigenvalue weighted by Gasteiger charge is 2.22. The van der Waals surface area contributed by atoms with E-state index in [0.29, 0.717) is 70.7 Å². The molecule has 1 aliphatic carbocycles. The van der Waals surface area contributed by atoms with Gasteiger partial charge >= 0.3 is 5.97 Å². The molecule has 0 aliphatic heterocycles. The number of carbonyl (C=O) groups excluding carboxylic acids is 1. The average Bonchev–Trinajstić information content (AvgIpc) is 3.27. The van der Waals surface area contributed by atoms with Crippen LogP contribution in [-0.4, -0.2) is 180 Å². The fourth-order valence-electron chi connectivity index (χ4n) is 5.09. The van der Waals surface area contributed by atoms with Crippen molar-refractivity contribution in [1.82, 2.24) is 16.0 Å². The summed E-state index contributed by atoms with van der Waals surface area (Å²) >= 11 is 0. The molecule has 1 rings (SSSR count). The number of esters is 1. The number of unbranched alkanes of at least 4 members (excludes halogenated alkanes) is 5. The third kappa shape index (κ3) is 56.9. The van der Waals surface area contributed by atoms with E-state index in [0.717, 1.165) is 32.5 Å². The number of nitrogens with one attached hydrogen (secondary N) is 3. The number of rotatable bonds is 30. The first kappa shape index (κ1) is 67.9. The molecule has 368 valence electrons. The third-order valence-corrected chi connectivity index (χ3v) is 9.08. The van der Waals surface area contributed by atoms with Crippen molar-refractivity contribution >= 4 is 5.97 Å². The monoisotopic (exact) mass is 877 g/mol. The lowest BCUT2D eigenvalue weighted by Crippen LogP contribution is -2.40. The summed E-state index contributed by atoms with van der Waals surface area (Å²) in [6, 6.07) is 0.176. The van der Waals surface area contributed by atoms with Crippen molar-refractivity contribution in [2.24, 2.45) is 29.0 Å². The number of aliphatic hydroxyl groups excluding tert-OH is 6. The quantitative estimate of drug-likeness (QED) is 0.0357. The van der Waals surface area contributed by atoms with Gasteiger partial charge in [0.15, 0.2) is 0 Å². The molecule has 0 amide bonds. The Kier molecular flexibility index (Phi) is 63.3. The smallest absolute Gasteiger partial charge is 0.322 e. The molecule has 0 aromatic rings. The summed E-state index contributed by atoms with van der Waals surface area (Å²) in [6.45, 7) is 18.6. The molecule has 0 aromatic heterocycles. The predicted octanol–water partition coefficient (Wildman–Crippen LogP) is 1.26. The highest BCUT2D eigenvalue weighted by molar-refractivity contribution is 5.75. The number of ether oxygens (including phenoxy) is 4. The van der Waals surface area contributed by atoms with Gasteiger partial charge in [-0.3, -0.25) is 4.79 Å². The second-order valence-electron chi connectivity index (χ2n) is 15.4. The van der Waals surface area contributed by atoms with E-state index in [1.807, 2.05) is 41.7 Å². The van der Waals surface area contributed by atoms with E-state index < -0.39 is 0 Å². The van der Waals surface area contributed by atoms with Crippen molar-refractivity contribution in [2.75, 3.05) is 120 Å². The Labute approximate surface area is 366 Å². The second-order valence-corrected chi connectivity index (χ2v) is 15.4. The Morgan fingerprint density at radius 3 is 1.62 bits per heavy atom. The SMILES string of the molecule is CCC(NC(C)C)C(=O)OC.CCCCCCCCC(N)CO.CNC(C)(C)CO.NCC1CCCCC1CO.NCCOCCO.OCCOCCNCCOCCO. The Balaban J connectivity index is -0.000000204. The molecule has 1 fully saturated rings. The molecular weight excluding hydrogens is 777 g/mol. The fourth-order valence-corrected chi connectivity index (χ4v) is 5.09. The van der Waals surface area contributed by atoms with Crippen molar-refractivity contribution in [1.29, 1.82) is 0 Å². The summed E-state index contributed by atoms with van der Waals surface area (Å²) in [4.78, 5) is 11.0. The van der Waals surface area contributed by atoms with E-state index in [-0.39, 0.29) is 56.6 Å². The minimum Gasteiger partial charge on any atom is -0.468 e. The number of methoxy groups -OCH3 is 1. The van der Waals surface area contributed by atoms with E-state index in [9.17, 15) is 4.79 Å². The zero-order chi connectivity index (χ0) is 46.7. The molecule has 0 bridgehead atoms. The van der Waals surface area contributed by atoms with Gasteiger partial charge < -0.3 is 82.7 Å². The van der Waals surface area contributed by atoms with Crippen LogP contribution in [0.15, 0.2) is 0 Å². The highest BCUT2D eigenvalue weighted by atomic mass is 16.5. The normalized spacial score (nSPS) is 15.6. The highest BCUT2D eigenvalue weighted by Crippen LogP contribution is 2.28. The minimum absolute atomic E-state index is 0.0103. The van der Waals surface area contributed by atoms with Crippen molar-refractivity contribution in [3.63, 3.8) is 0 Å². The maximum absolute atomic E-state index is 11.0. The van der Waals surface area contributed by atoms with Crippen LogP contribution in [0.2, 0.25) is 0 Å². The fraction of sp³-hybridized carbons (Fsp3) is 0.977. The zero-order valence-corrected chi connectivity index (χ0v) is 39.6. The molecule has 0 heterocycles. The van der Waals surface area contributed by atoms with Crippen LogP contribution in [0, 0.1) is 11.8 Å². The van der Waals surface area contributed by atoms with Gasteiger partial charge in [-0.15, -0.1) is 0 Å². The van der Waals surface area contributed by atoms with Crippen LogP contribution in [0.25, 0.3) is 0 Å². The molecule has 17 nitrogen and oxygen atoms in total. The second kappa shape index (κ2) is 55.9. The Bertz CT molecular complexity index is 764. The number of hydrogen-bond donors (Lipinski definition) is 12. The molecule has 60 heavy (non-hydrogen) atoms. The van der Waals surface area contributed by atoms with E-state index >= 15 is 0 Å². The van der Waals surface area contributed by atoms with Crippen LogP contribution in [-0.2, 0) is 23.7 Å². The van der Waals surface area contributed by atoms with E-state index in [1.54, 1.807) is 0 Å².